The van der Waals surface area contributed by atoms with Crippen LogP contribution in [0.2, 0.25) is 0 Å². The van der Waals surface area contributed by atoms with Gasteiger partial charge < -0.3 is 13.7 Å². The van der Waals surface area contributed by atoms with E-state index < -0.39 is 0 Å². The van der Waals surface area contributed by atoms with E-state index >= 15 is 0 Å². The molecule has 24 heavy (non-hydrogen) atoms. The van der Waals surface area contributed by atoms with Crippen LogP contribution >= 0.6 is 0 Å². The standard InChI is InChI=1S/C18H20N4O2/c1-2-6-15-13(5-1)14-11-21(10-7-16(14)23-15)12-17-19-20-18(24-17)22-8-3-4-9-22/h1-2,5-6H,3-4,7-12H2. The maximum absolute atomic E-state index is 5.98. The minimum Gasteiger partial charge on any atom is -0.461 e. The second-order valence-electron chi connectivity index (χ2n) is 6.63. The van der Waals surface area contributed by atoms with Crippen molar-refractivity contribution in [2.45, 2.75) is 32.4 Å². The van der Waals surface area contributed by atoms with Crippen LogP contribution in [0, 0.1) is 0 Å². The number of rotatable bonds is 3. The Bertz CT molecular complexity index is 863. The number of hydrogen-bond acceptors (Lipinski definition) is 6. The lowest BCUT2D eigenvalue weighted by atomic mass is 10.0. The first-order chi connectivity index (χ1) is 11.9. The van der Waals surface area contributed by atoms with Gasteiger partial charge >= 0.3 is 6.01 Å². The van der Waals surface area contributed by atoms with E-state index in [-0.39, 0.29) is 0 Å². The molecule has 124 valence electrons. The zero-order chi connectivity index (χ0) is 15.9. The molecule has 1 aromatic carbocycles. The lowest BCUT2D eigenvalue weighted by Gasteiger charge is -2.24. The molecule has 2 aliphatic rings. The van der Waals surface area contributed by atoms with E-state index in [4.69, 9.17) is 8.83 Å². The summed E-state index contributed by atoms with van der Waals surface area (Å²) < 4.78 is 11.8. The van der Waals surface area contributed by atoms with Crippen LogP contribution in [0.3, 0.4) is 0 Å². The van der Waals surface area contributed by atoms with Crippen molar-refractivity contribution in [3.8, 4) is 0 Å². The van der Waals surface area contributed by atoms with Gasteiger partial charge in [0.15, 0.2) is 0 Å². The summed E-state index contributed by atoms with van der Waals surface area (Å²) in [6.45, 7) is 4.56. The summed E-state index contributed by atoms with van der Waals surface area (Å²) in [6, 6.07) is 8.94. The van der Waals surface area contributed by atoms with Gasteiger partial charge in [0.05, 0.1) is 6.54 Å². The van der Waals surface area contributed by atoms with E-state index in [1.165, 1.54) is 23.8 Å². The molecule has 2 aromatic heterocycles. The van der Waals surface area contributed by atoms with Gasteiger partial charge in [-0.2, -0.15) is 0 Å². The molecule has 1 saturated heterocycles. The normalized spacial score (nSPS) is 18.4. The number of para-hydroxylation sites is 1. The van der Waals surface area contributed by atoms with E-state index in [0.717, 1.165) is 43.9 Å². The fraction of sp³-hybridized carbons (Fsp3) is 0.444. The molecule has 4 heterocycles. The molecular formula is C18H20N4O2. The quantitative estimate of drug-likeness (QED) is 0.738. The molecule has 0 saturated carbocycles. The predicted octanol–water partition coefficient (Wildman–Crippen LogP) is 2.97. The van der Waals surface area contributed by atoms with E-state index in [1.807, 2.05) is 12.1 Å². The number of aromatic nitrogens is 2. The van der Waals surface area contributed by atoms with E-state index in [1.54, 1.807) is 0 Å². The van der Waals surface area contributed by atoms with Crippen molar-refractivity contribution in [2.24, 2.45) is 0 Å². The Hall–Kier alpha value is -2.34. The maximum atomic E-state index is 5.98. The Kier molecular flexibility index (Phi) is 3.29. The fourth-order valence-corrected chi connectivity index (χ4v) is 3.76. The van der Waals surface area contributed by atoms with Gasteiger partial charge in [-0.05, 0) is 18.9 Å². The molecule has 0 radical (unpaired) electrons. The van der Waals surface area contributed by atoms with Crippen LogP contribution in [0.1, 0.15) is 30.1 Å². The minimum atomic E-state index is 0.675. The molecular weight excluding hydrogens is 304 g/mol. The molecule has 1 fully saturated rings. The van der Waals surface area contributed by atoms with Crippen LogP contribution in [0.4, 0.5) is 6.01 Å². The molecule has 0 amide bonds. The maximum Gasteiger partial charge on any atom is 0.318 e. The van der Waals surface area contributed by atoms with E-state index in [2.05, 4.69) is 32.1 Å². The third-order valence-electron chi connectivity index (χ3n) is 5.01. The number of benzene rings is 1. The van der Waals surface area contributed by atoms with E-state index in [9.17, 15) is 0 Å². The second kappa shape index (κ2) is 5.63. The molecule has 0 spiro atoms. The lowest BCUT2D eigenvalue weighted by Crippen LogP contribution is -2.29. The highest BCUT2D eigenvalue weighted by molar-refractivity contribution is 5.82. The van der Waals surface area contributed by atoms with Crippen LogP contribution in [0.15, 0.2) is 33.1 Å². The van der Waals surface area contributed by atoms with E-state index in [0.29, 0.717) is 18.5 Å². The zero-order valence-electron chi connectivity index (χ0n) is 13.6. The van der Waals surface area contributed by atoms with Gasteiger partial charge in [-0.3, -0.25) is 4.90 Å². The van der Waals surface area contributed by atoms with Crippen molar-refractivity contribution < 1.29 is 8.83 Å². The highest BCUT2D eigenvalue weighted by Crippen LogP contribution is 2.31. The number of hydrogen-bond donors (Lipinski definition) is 0. The first kappa shape index (κ1) is 14.0. The average Bonchev–Trinajstić information content (AvgIpc) is 3.34. The van der Waals surface area contributed by atoms with Crippen molar-refractivity contribution >= 4 is 17.0 Å². The third-order valence-corrected chi connectivity index (χ3v) is 5.01. The largest absolute Gasteiger partial charge is 0.461 e. The Balaban J connectivity index is 1.34. The fourth-order valence-electron chi connectivity index (χ4n) is 3.76. The highest BCUT2D eigenvalue weighted by Gasteiger charge is 2.24. The number of furan rings is 1. The van der Waals surface area contributed by atoms with Crippen LogP contribution in [-0.4, -0.2) is 34.7 Å². The topological polar surface area (TPSA) is 58.5 Å². The van der Waals surface area contributed by atoms with Crippen molar-refractivity contribution in [3.63, 3.8) is 0 Å². The van der Waals surface area contributed by atoms with Crippen molar-refractivity contribution in [1.82, 2.24) is 15.1 Å². The average molecular weight is 324 g/mol. The first-order valence-electron chi connectivity index (χ1n) is 8.66. The highest BCUT2D eigenvalue weighted by atomic mass is 16.4. The second-order valence-corrected chi connectivity index (χ2v) is 6.63. The van der Waals surface area contributed by atoms with Crippen molar-refractivity contribution in [2.75, 3.05) is 24.5 Å². The zero-order valence-corrected chi connectivity index (χ0v) is 13.6. The molecule has 6 heteroatoms. The Morgan fingerprint density at radius 1 is 1.00 bits per heavy atom. The predicted molar refractivity (Wildman–Crippen MR) is 89.8 cm³/mol. The lowest BCUT2D eigenvalue weighted by molar-refractivity contribution is 0.214. The van der Waals surface area contributed by atoms with Gasteiger partial charge in [-0.25, -0.2) is 0 Å². The minimum absolute atomic E-state index is 0.675. The Labute approximate surface area is 140 Å². The van der Waals surface area contributed by atoms with Crippen molar-refractivity contribution in [3.05, 3.63) is 41.5 Å². The first-order valence-corrected chi connectivity index (χ1v) is 8.66. The van der Waals surface area contributed by atoms with Crippen LogP contribution in [-0.2, 0) is 19.5 Å². The SMILES string of the molecule is c1ccc2c3c(oc2c1)CCN(Cc1nnc(N2CCCC2)o1)C3. The molecule has 0 bridgehead atoms. The molecule has 2 aliphatic heterocycles. The van der Waals surface area contributed by atoms with Crippen molar-refractivity contribution in [1.29, 1.82) is 0 Å². The summed E-state index contributed by atoms with van der Waals surface area (Å²) in [5.74, 6) is 1.82. The van der Waals surface area contributed by atoms with Gasteiger partial charge in [0.1, 0.15) is 11.3 Å². The van der Waals surface area contributed by atoms with Gasteiger partial charge in [0.2, 0.25) is 5.89 Å². The van der Waals surface area contributed by atoms with Gasteiger partial charge in [-0.15, -0.1) is 5.10 Å². The summed E-state index contributed by atoms with van der Waals surface area (Å²) in [6.07, 6.45) is 3.34. The Morgan fingerprint density at radius 3 is 2.79 bits per heavy atom. The molecule has 0 atom stereocenters. The summed E-state index contributed by atoms with van der Waals surface area (Å²) in [5.41, 5.74) is 2.29. The van der Waals surface area contributed by atoms with Gasteiger partial charge in [0, 0.05) is 43.5 Å². The third kappa shape index (κ3) is 2.38. The summed E-state index contributed by atoms with van der Waals surface area (Å²) in [4.78, 5) is 4.53. The summed E-state index contributed by atoms with van der Waals surface area (Å²) in [5, 5.41) is 9.67. The summed E-state index contributed by atoms with van der Waals surface area (Å²) in [7, 11) is 0. The number of fused-ring (bicyclic) bond motifs is 3. The van der Waals surface area contributed by atoms with Crippen LogP contribution in [0.25, 0.3) is 11.0 Å². The Morgan fingerprint density at radius 2 is 1.88 bits per heavy atom. The van der Waals surface area contributed by atoms with Crippen LogP contribution in [0.5, 0.6) is 0 Å². The smallest absolute Gasteiger partial charge is 0.318 e. The monoisotopic (exact) mass is 324 g/mol. The van der Waals surface area contributed by atoms with Gasteiger partial charge in [-0.1, -0.05) is 23.3 Å². The molecule has 5 rings (SSSR count). The van der Waals surface area contributed by atoms with Crippen LogP contribution < -0.4 is 4.90 Å². The van der Waals surface area contributed by atoms with Gasteiger partial charge in [0.25, 0.3) is 0 Å². The number of anilines is 1. The molecule has 6 nitrogen and oxygen atoms in total. The number of nitrogens with zero attached hydrogens (tertiary/aromatic N) is 4. The summed E-state index contributed by atoms with van der Waals surface area (Å²) >= 11 is 0. The molecule has 3 aromatic rings. The molecule has 0 N–H and O–H groups in total. The molecule has 0 unspecified atom stereocenters. The molecule has 0 aliphatic carbocycles.